The summed E-state index contributed by atoms with van der Waals surface area (Å²) >= 11 is 0. The van der Waals surface area contributed by atoms with Crippen LogP contribution < -0.4 is 0 Å². The van der Waals surface area contributed by atoms with Crippen molar-refractivity contribution in [3.63, 3.8) is 0 Å². The van der Waals surface area contributed by atoms with Crippen molar-refractivity contribution >= 4 is 0 Å². The zero-order valence-corrected chi connectivity index (χ0v) is 10.6. The van der Waals surface area contributed by atoms with E-state index in [2.05, 4.69) is 37.8 Å². The van der Waals surface area contributed by atoms with Crippen LogP contribution in [0.15, 0.2) is 23.4 Å². The standard InChI is InChI=1S/C14H25N/c1-4-8-13(3)12-14(9-5-2)15-10-6-7-11-15/h9,12H,4-8,10-11H2,1-3H3/b13-12+,14-9+. The van der Waals surface area contributed by atoms with E-state index in [1.54, 1.807) is 0 Å². The summed E-state index contributed by atoms with van der Waals surface area (Å²) < 4.78 is 0. The van der Waals surface area contributed by atoms with Crippen molar-refractivity contribution in [3.8, 4) is 0 Å². The molecule has 1 aliphatic rings. The van der Waals surface area contributed by atoms with Crippen molar-refractivity contribution in [1.29, 1.82) is 0 Å². The van der Waals surface area contributed by atoms with Gasteiger partial charge in [-0.3, -0.25) is 0 Å². The van der Waals surface area contributed by atoms with E-state index in [-0.39, 0.29) is 0 Å². The lowest BCUT2D eigenvalue weighted by atomic mass is 10.1. The molecule has 0 aliphatic carbocycles. The molecule has 1 fully saturated rings. The molecule has 1 saturated heterocycles. The van der Waals surface area contributed by atoms with Gasteiger partial charge < -0.3 is 4.90 Å². The summed E-state index contributed by atoms with van der Waals surface area (Å²) in [5.41, 5.74) is 2.98. The van der Waals surface area contributed by atoms with Gasteiger partial charge in [-0.05, 0) is 38.7 Å². The van der Waals surface area contributed by atoms with Crippen LogP contribution in [0, 0.1) is 0 Å². The number of likely N-dealkylation sites (tertiary alicyclic amines) is 1. The Labute approximate surface area is 94.9 Å². The SMILES string of the molecule is CC/C=C(\C=C(/C)CCC)N1CCCC1. The van der Waals surface area contributed by atoms with E-state index in [9.17, 15) is 0 Å². The molecule has 0 aromatic heterocycles. The Balaban J connectivity index is 2.65. The molecule has 0 bridgehead atoms. The number of nitrogens with zero attached hydrogens (tertiary/aromatic N) is 1. The number of hydrogen-bond acceptors (Lipinski definition) is 1. The van der Waals surface area contributed by atoms with Crippen LogP contribution in [0.1, 0.15) is 52.9 Å². The molecule has 0 amide bonds. The maximum absolute atomic E-state index is 2.53. The second-order valence-corrected chi connectivity index (χ2v) is 4.47. The van der Waals surface area contributed by atoms with Crippen molar-refractivity contribution in [2.75, 3.05) is 13.1 Å². The van der Waals surface area contributed by atoms with E-state index in [0.717, 1.165) is 6.42 Å². The molecule has 0 atom stereocenters. The normalized spacial score (nSPS) is 18.7. The number of allylic oxidation sites excluding steroid dienone is 3. The fraction of sp³-hybridized carbons (Fsp3) is 0.714. The van der Waals surface area contributed by atoms with Crippen molar-refractivity contribution < 1.29 is 0 Å². The Morgan fingerprint density at radius 2 is 1.87 bits per heavy atom. The first-order chi connectivity index (χ1) is 7.27. The monoisotopic (exact) mass is 207 g/mol. The highest BCUT2D eigenvalue weighted by molar-refractivity contribution is 5.22. The fourth-order valence-electron chi connectivity index (χ4n) is 2.18. The Kier molecular flexibility index (Phi) is 5.52. The van der Waals surface area contributed by atoms with Crippen molar-refractivity contribution in [2.45, 2.75) is 52.9 Å². The highest BCUT2D eigenvalue weighted by Gasteiger charge is 2.12. The van der Waals surface area contributed by atoms with Gasteiger partial charge in [0.1, 0.15) is 0 Å². The molecule has 1 aliphatic heterocycles. The van der Waals surface area contributed by atoms with Crippen molar-refractivity contribution in [3.05, 3.63) is 23.4 Å². The highest BCUT2D eigenvalue weighted by atomic mass is 15.1. The molecular formula is C14H25N. The van der Waals surface area contributed by atoms with Crippen LogP contribution in [0.2, 0.25) is 0 Å². The zero-order valence-electron chi connectivity index (χ0n) is 10.6. The average Bonchev–Trinajstić information content (AvgIpc) is 2.70. The maximum Gasteiger partial charge on any atom is 0.0324 e. The Hall–Kier alpha value is -0.720. The molecule has 0 radical (unpaired) electrons. The first-order valence-corrected chi connectivity index (χ1v) is 6.40. The van der Waals surface area contributed by atoms with E-state index in [1.165, 1.54) is 50.0 Å². The highest BCUT2D eigenvalue weighted by Crippen LogP contribution is 2.18. The molecule has 0 spiro atoms. The molecular weight excluding hydrogens is 182 g/mol. The van der Waals surface area contributed by atoms with Gasteiger partial charge in [0.25, 0.3) is 0 Å². The second kappa shape index (κ2) is 6.71. The van der Waals surface area contributed by atoms with Crippen molar-refractivity contribution in [2.24, 2.45) is 0 Å². The summed E-state index contributed by atoms with van der Waals surface area (Å²) in [4.78, 5) is 2.53. The first kappa shape index (κ1) is 12.4. The van der Waals surface area contributed by atoms with Crippen LogP contribution >= 0.6 is 0 Å². The summed E-state index contributed by atoms with van der Waals surface area (Å²) in [6.45, 7) is 9.22. The van der Waals surface area contributed by atoms with Crippen LogP contribution in [-0.2, 0) is 0 Å². The van der Waals surface area contributed by atoms with Crippen LogP contribution in [0.4, 0.5) is 0 Å². The number of hydrogen-bond donors (Lipinski definition) is 0. The van der Waals surface area contributed by atoms with E-state index < -0.39 is 0 Å². The van der Waals surface area contributed by atoms with Gasteiger partial charge >= 0.3 is 0 Å². The zero-order chi connectivity index (χ0) is 11.1. The lowest BCUT2D eigenvalue weighted by Gasteiger charge is -2.19. The quantitative estimate of drug-likeness (QED) is 0.613. The molecule has 1 nitrogen and oxygen atoms in total. The Morgan fingerprint density at radius 1 is 1.20 bits per heavy atom. The Bertz CT molecular complexity index is 232. The predicted molar refractivity (Wildman–Crippen MR) is 67.8 cm³/mol. The Morgan fingerprint density at radius 3 is 2.40 bits per heavy atom. The van der Waals surface area contributed by atoms with Crippen molar-refractivity contribution in [1.82, 2.24) is 4.90 Å². The summed E-state index contributed by atoms with van der Waals surface area (Å²) in [6.07, 6.45) is 11.1. The van der Waals surface area contributed by atoms with Crippen LogP contribution in [0.3, 0.4) is 0 Å². The van der Waals surface area contributed by atoms with Gasteiger partial charge in [0, 0.05) is 18.8 Å². The van der Waals surface area contributed by atoms with Gasteiger partial charge in [0.05, 0.1) is 0 Å². The minimum Gasteiger partial charge on any atom is -0.372 e. The lowest BCUT2D eigenvalue weighted by molar-refractivity contribution is 0.438. The van der Waals surface area contributed by atoms with Gasteiger partial charge in [-0.15, -0.1) is 0 Å². The summed E-state index contributed by atoms with van der Waals surface area (Å²) in [6, 6.07) is 0. The fourth-order valence-corrected chi connectivity index (χ4v) is 2.18. The summed E-state index contributed by atoms with van der Waals surface area (Å²) in [7, 11) is 0. The van der Waals surface area contributed by atoms with Gasteiger partial charge in [0.15, 0.2) is 0 Å². The largest absolute Gasteiger partial charge is 0.372 e. The van der Waals surface area contributed by atoms with Gasteiger partial charge in [0.2, 0.25) is 0 Å². The number of rotatable bonds is 5. The van der Waals surface area contributed by atoms with Crippen LogP contribution in [0.5, 0.6) is 0 Å². The molecule has 0 saturated carbocycles. The van der Waals surface area contributed by atoms with E-state index in [0.29, 0.717) is 0 Å². The minimum atomic E-state index is 1.14. The minimum absolute atomic E-state index is 1.14. The second-order valence-electron chi connectivity index (χ2n) is 4.47. The first-order valence-electron chi connectivity index (χ1n) is 6.40. The maximum atomic E-state index is 2.53. The van der Waals surface area contributed by atoms with E-state index in [1.807, 2.05) is 0 Å². The van der Waals surface area contributed by atoms with Gasteiger partial charge in [-0.25, -0.2) is 0 Å². The molecule has 0 N–H and O–H groups in total. The van der Waals surface area contributed by atoms with Crippen LogP contribution in [-0.4, -0.2) is 18.0 Å². The van der Waals surface area contributed by atoms with Crippen LogP contribution in [0.25, 0.3) is 0 Å². The molecule has 0 aromatic carbocycles. The summed E-state index contributed by atoms with van der Waals surface area (Å²) in [5.74, 6) is 0. The van der Waals surface area contributed by atoms with E-state index >= 15 is 0 Å². The molecule has 1 heterocycles. The summed E-state index contributed by atoms with van der Waals surface area (Å²) in [5, 5.41) is 0. The third-order valence-electron chi connectivity index (χ3n) is 2.92. The topological polar surface area (TPSA) is 3.24 Å². The van der Waals surface area contributed by atoms with Gasteiger partial charge in [-0.2, -0.15) is 0 Å². The average molecular weight is 207 g/mol. The molecule has 1 rings (SSSR count). The predicted octanol–water partition coefficient (Wildman–Crippen LogP) is 4.12. The lowest BCUT2D eigenvalue weighted by Crippen LogP contribution is -2.17. The molecule has 1 heteroatoms. The molecule has 0 unspecified atom stereocenters. The van der Waals surface area contributed by atoms with Gasteiger partial charge in [-0.1, -0.05) is 31.9 Å². The third kappa shape index (κ3) is 4.11. The third-order valence-corrected chi connectivity index (χ3v) is 2.92. The van der Waals surface area contributed by atoms with E-state index in [4.69, 9.17) is 0 Å². The molecule has 0 aromatic rings. The smallest absolute Gasteiger partial charge is 0.0324 e. The molecule has 86 valence electrons. The molecule has 15 heavy (non-hydrogen) atoms.